The maximum absolute atomic E-state index is 12.3. The van der Waals surface area contributed by atoms with Crippen LogP contribution in [0.25, 0.3) is 11.0 Å². The van der Waals surface area contributed by atoms with Crippen molar-refractivity contribution in [3.63, 3.8) is 0 Å². The lowest BCUT2D eigenvalue weighted by Crippen LogP contribution is -2.25. The van der Waals surface area contributed by atoms with Crippen molar-refractivity contribution in [3.8, 4) is 0 Å². The van der Waals surface area contributed by atoms with Gasteiger partial charge in [-0.2, -0.15) is 0 Å². The molecule has 1 aromatic carbocycles. The Labute approximate surface area is 137 Å². The Morgan fingerprint density at radius 2 is 1.70 bits per heavy atom. The Kier molecular flexibility index (Phi) is 6.98. The van der Waals surface area contributed by atoms with Crippen LogP contribution >= 0.6 is 0 Å². The Morgan fingerprint density at radius 1 is 1.00 bits per heavy atom. The van der Waals surface area contributed by atoms with Crippen LogP contribution < -0.4 is 4.72 Å². The van der Waals surface area contributed by atoms with Crippen molar-refractivity contribution in [1.82, 2.24) is 15.0 Å². The highest BCUT2D eigenvalue weighted by Gasteiger charge is 2.19. The van der Waals surface area contributed by atoms with Crippen LogP contribution in [0.5, 0.6) is 0 Å². The van der Waals surface area contributed by atoms with E-state index in [0.29, 0.717) is 12.1 Å². The van der Waals surface area contributed by atoms with Crippen LogP contribution in [0.1, 0.15) is 58.3 Å². The molecule has 1 aromatic heterocycles. The lowest BCUT2D eigenvalue weighted by Gasteiger charge is -2.06. The van der Waals surface area contributed by atoms with E-state index in [0.717, 1.165) is 19.3 Å². The van der Waals surface area contributed by atoms with Gasteiger partial charge < -0.3 is 0 Å². The summed E-state index contributed by atoms with van der Waals surface area (Å²) in [6.45, 7) is 2.65. The quantitative estimate of drug-likeness (QED) is 0.632. The first-order valence-corrected chi connectivity index (χ1v) is 9.84. The van der Waals surface area contributed by atoms with Crippen molar-refractivity contribution in [3.05, 3.63) is 18.2 Å². The summed E-state index contributed by atoms with van der Waals surface area (Å²) in [6.07, 6.45) is 9.44. The zero-order valence-electron chi connectivity index (χ0n) is 13.6. The molecule has 0 unspecified atom stereocenters. The first kappa shape index (κ1) is 17.9. The first-order chi connectivity index (χ1) is 11.1. The van der Waals surface area contributed by atoms with Crippen molar-refractivity contribution in [2.24, 2.45) is 0 Å². The normalized spacial score (nSPS) is 12.0. The number of hydrogen-bond donors (Lipinski definition) is 1. The molecular formula is C16H25N3O3S. The fourth-order valence-corrected chi connectivity index (χ4v) is 3.76. The minimum atomic E-state index is -3.57. The molecule has 0 atom stereocenters. The van der Waals surface area contributed by atoms with Crippen LogP contribution in [0.3, 0.4) is 0 Å². The Hall–Kier alpha value is -1.47. The van der Waals surface area contributed by atoms with E-state index in [2.05, 4.69) is 26.6 Å². The van der Waals surface area contributed by atoms with Gasteiger partial charge in [-0.3, -0.25) is 0 Å². The highest BCUT2D eigenvalue weighted by atomic mass is 32.2. The average Bonchev–Trinajstić information content (AvgIpc) is 3.01. The molecule has 0 saturated heterocycles. The Balaban J connectivity index is 1.74. The largest absolute Gasteiger partial charge is 0.243 e. The standard InChI is InChI=1S/C16H25N3O3S/c1-2-3-4-5-6-7-8-9-13-17-23(20,21)15-12-10-11-14-16(15)19-22-18-14/h10-12,17H,2-9,13H2,1H3. The summed E-state index contributed by atoms with van der Waals surface area (Å²) in [4.78, 5) is 0.121. The molecule has 0 amide bonds. The number of hydrogen-bond acceptors (Lipinski definition) is 5. The molecule has 0 aliphatic carbocycles. The summed E-state index contributed by atoms with van der Waals surface area (Å²) in [5, 5.41) is 7.34. The number of unbranched alkanes of at least 4 members (excludes halogenated alkanes) is 7. The molecule has 1 N–H and O–H groups in total. The van der Waals surface area contributed by atoms with Gasteiger partial charge in [-0.15, -0.1) is 0 Å². The second-order valence-electron chi connectivity index (χ2n) is 5.76. The molecule has 0 radical (unpaired) electrons. The second-order valence-corrected chi connectivity index (χ2v) is 7.50. The Morgan fingerprint density at radius 3 is 2.43 bits per heavy atom. The van der Waals surface area contributed by atoms with Crippen molar-refractivity contribution >= 4 is 21.1 Å². The third-order valence-corrected chi connectivity index (χ3v) is 5.35. The number of nitrogens with zero attached hydrogens (tertiary/aromatic N) is 2. The summed E-state index contributed by atoms with van der Waals surface area (Å²) in [5.74, 6) is 0. The predicted octanol–water partition coefficient (Wildman–Crippen LogP) is 3.64. The van der Waals surface area contributed by atoms with Crippen LogP contribution in [0.15, 0.2) is 27.7 Å². The minimum absolute atomic E-state index is 0.121. The van der Waals surface area contributed by atoms with Crippen molar-refractivity contribution in [2.45, 2.75) is 63.2 Å². The fraction of sp³-hybridized carbons (Fsp3) is 0.625. The van der Waals surface area contributed by atoms with Crippen LogP contribution in [-0.4, -0.2) is 25.3 Å². The van der Waals surface area contributed by atoms with Gasteiger partial charge in [-0.1, -0.05) is 57.9 Å². The summed E-state index contributed by atoms with van der Waals surface area (Å²) in [5.41, 5.74) is 0.718. The van der Waals surface area contributed by atoms with E-state index in [1.165, 1.54) is 38.2 Å². The third-order valence-electron chi connectivity index (χ3n) is 3.86. The van der Waals surface area contributed by atoms with Gasteiger partial charge in [-0.05, 0) is 28.9 Å². The molecule has 2 aromatic rings. The fourth-order valence-electron chi connectivity index (χ4n) is 2.54. The lowest BCUT2D eigenvalue weighted by atomic mass is 10.1. The van der Waals surface area contributed by atoms with Gasteiger partial charge in [-0.25, -0.2) is 17.8 Å². The van der Waals surface area contributed by atoms with E-state index in [9.17, 15) is 8.42 Å². The van der Waals surface area contributed by atoms with Gasteiger partial charge >= 0.3 is 0 Å². The van der Waals surface area contributed by atoms with Gasteiger partial charge in [0, 0.05) is 6.54 Å². The number of benzene rings is 1. The molecule has 0 spiro atoms. The molecule has 7 heteroatoms. The van der Waals surface area contributed by atoms with Crippen LogP contribution in [0, 0.1) is 0 Å². The number of rotatable bonds is 11. The lowest BCUT2D eigenvalue weighted by molar-refractivity contribution is 0.315. The van der Waals surface area contributed by atoms with E-state index in [4.69, 9.17) is 0 Å². The predicted molar refractivity (Wildman–Crippen MR) is 89.6 cm³/mol. The van der Waals surface area contributed by atoms with Crippen molar-refractivity contribution in [1.29, 1.82) is 0 Å². The first-order valence-electron chi connectivity index (χ1n) is 8.36. The van der Waals surface area contributed by atoms with Gasteiger partial charge in [0.15, 0.2) is 5.52 Å². The summed E-state index contributed by atoms with van der Waals surface area (Å²) < 4.78 is 31.9. The molecule has 23 heavy (non-hydrogen) atoms. The number of aromatic nitrogens is 2. The number of sulfonamides is 1. The molecule has 2 rings (SSSR count). The van der Waals surface area contributed by atoms with Crippen LogP contribution in [0.2, 0.25) is 0 Å². The van der Waals surface area contributed by atoms with Crippen molar-refractivity contribution in [2.75, 3.05) is 6.54 Å². The summed E-state index contributed by atoms with van der Waals surface area (Å²) >= 11 is 0. The molecule has 6 nitrogen and oxygen atoms in total. The van der Waals surface area contributed by atoms with Gasteiger partial charge in [0.2, 0.25) is 10.0 Å². The van der Waals surface area contributed by atoms with Gasteiger partial charge in [0.05, 0.1) is 0 Å². The number of fused-ring (bicyclic) bond motifs is 1. The zero-order valence-corrected chi connectivity index (χ0v) is 14.4. The van der Waals surface area contributed by atoms with E-state index in [-0.39, 0.29) is 10.4 Å². The molecule has 0 saturated carbocycles. The van der Waals surface area contributed by atoms with E-state index >= 15 is 0 Å². The third kappa shape index (κ3) is 5.28. The molecule has 0 fully saturated rings. The van der Waals surface area contributed by atoms with Crippen LogP contribution in [-0.2, 0) is 10.0 Å². The SMILES string of the molecule is CCCCCCCCCCNS(=O)(=O)c1cccc2nonc12. The molecule has 0 bridgehead atoms. The Bertz CT molecular complexity index is 697. The van der Waals surface area contributed by atoms with Gasteiger partial charge in [0.25, 0.3) is 0 Å². The van der Waals surface area contributed by atoms with Gasteiger partial charge in [0.1, 0.15) is 10.4 Å². The van der Waals surface area contributed by atoms with E-state index in [1.54, 1.807) is 12.1 Å². The maximum Gasteiger partial charge on any atom is 0.242 e. The van der Waals surface area contributed by atoms with Crippen molar-refractivity contribution < 1.29 is 13.0 Å². The minimum Gasteiger partial charge on any atom is -0.243 e. The second kappa shape index (κ2) is 8.98. The molecular weight excluding hydrogens is 314 g/mol. The molecule has 0 aliphatic heterocycles. The molecule has 0 aliphatic rings. The van der Waals surface area contributed by atoms with E-state index < -0.39 is 10.0 Å². The maximum atomic E-state index is 12.3. The smallest absolute Gasteiger partial charge is 0.242 e. The highest BCUT2D eigenvalue weighted by molar-refractivity contribution is 7.89. The molecule has 128 valence electrons. The number of nitrogens with one attached hydrogen (secondary N) is 1. The topological polar surface area (TPSA) is 85.1 Å². The summed E-state index contributed by atoms with van der Waals surface area (Å²) in [7, 11) is -3.57. The summed E-state index contributed by atoms with van der Waals surface area (Å²) in [6, 6.07) is 4.82. The zero-order chi connectivity index (χ0) is 16.5. The molecule has 1 heterocycles. The van der Waals surface area contributed by atoms with Crippen LogP contribution in [0.4, 0.5) is 0 Å². The average molecular weight is 339 g/mol. The van der Waals surface area contributed by atoms with E-state index in [1.807, 2.05) is 0 Å². The highest BCUT2D eigenvalue weighted by Crippen LogP contribution is 2.19. The monoisotopic (exact) mass is 339 g/mol.